The van der Waals surface area contributed by atoms with E-state index in [4.69, 9.17) is 14.5 Å². The first kappa shape index (κ1) is 28.6. The average Bonchev–Trinajstić information content (AvgIpc) is 3.01. The van der Waals surface area contributed by atoms with Crippen molar-refractivity contribution in [1.29, 1.82) is 0 Å². The molecule has 0 spiro atoms. The number of aliphatic imine (C=N–C) groups is 1. The van der Waals surface area contributed by atoms with Crippen LogP contribution in [0.4, 0.5) is 5.69 Å². The van der Waals surface area contributed by atoms with Gasteiger partial charge in [-0.2, -0.15) is 0 Å². The van der Waals surface area contributed by atoms with E-state index in [0.717, 1.165) is 58.4 Å². The number of carbonyl (C=O) groups excluding carboxylic acids is 1. The Labute approximate surface area is 247 Å². The highest BCUT2D eigenvalue weighted by atomic mass is 32.2. The van der Waals surface area contributed by atoms with Crippen molar-refractivity contribution in [2.75, 3.05) is 24.9 Å². The van der Waals surface area contributed by atoms with Crippen LogP contribution in [0.25, 0.3) is 6.08 Å². The Morgan fingerprint density at radius 1 is 0.976 bits per heavy atom. The molecule has 3 aromatic carbocycles. The Bertz CT molecular complexity index is 1440. The third kappa shape index (κ3) is 6.68. The van der Waals surface area contributed by atoms with E-state index in [1.54, 1.807) is 14.2 Å². The van der Waals surface area contributed by atoms with Gasteiger partial charge >= 0.3 is 0 Å². The molecule has 41 heavy (non-hydrogen) atoms. The van der Waals surface area contributed by atoms with E-state index in [1.165, 1.54) is 22.9 Å². The van der Waals surface area contributed by atoms with Crippen LogP contribution in [0.2, 0.25) is 0 Å². The normalized spacial score (nSPS) is 17.5. The van der Waals surface area contributed by atoms with E-state index >= 15 is 0 Å². The fraction of sp³-hybridized carbons (Fsp3) is 0.294. The molecule has 1 atom stereocenters. The van der Waals surface area contributed by atoms with Crippen molar-refractivity contribution >= 4 is 34.6 Å². The van der Waals surface area contributed by atoms with Gasteiger partial charge in [0.2, 0.25) is 5.91 Å². The zero-order valence-electron chi connectivity index (χ0n) is 24.1. The Kier molecular flexibility index (Phi) is 9.14. The number of hydrogen-bond acceptors (Lipinski definition) is 6. The van der Waals surface area contributed by atoms with Gasteiger partial charge in [0.15, 0.2) is 5.17 Å². The summed E-state index contributed by atoms with van der Waals surface area (Å²) in [6, 6.07) is 26.1. The molecule has 1 amide bonds. The number of amidine groups is 1. The highest BCUT2D eigenvalue weighted by molar-refractivity contribution is 8.14. The van der Waals surface area contributed by atoms with E-state index in [2.05, 4.69) is 35.7 Å². The monoisotopic (exact) mass is 567 g/mol. The van der Waals surface area contributed by atoms with Crippen LogP contribution in [0.15, 0.2) is 101 Å². The van der Waals surface area contributed by atoms with Gasteiger partial charge in [-0.25, -0.2) is 4.99 Å². The molecule has 0 saturated heterocycles. The maximum absolute atomic E-state index is 13.5. The summed E-state index contributed by atoms with van der Waals surface area (Å²) in [7, 11) is 3.36. The first-order chi connectivity index (χ1) is 20.0. The molecule has 0 unspecified atom stereocenters. The van der Waals surface area contributed by atoms with Crippen LogP contribution in [0.5, 0.6) is 11.5 Å². The van der Waals surface area contributed by atoms with Gasteiger partial charge in [-0.1, -0.05) is 54.2 Å². The van der Waals surface area contributed by atoms with Crippen LogP contribution in [-0.2, 0) is 4.79 Å². The zero-order chi connectivity index (χ0) is 28.8. The molecule has 0 aromatic heterocycles. The van der Waals surface area contributed by atoms with Gasteiger partial charge in [-0.3, -0.25) is 4.79 Å². The second kappa shape index (κ2) is 13.1. The summed E-state index contributed by atoms with van der Waals surface area (Å²) in [6.45, 7) is 4.09. The predicted octanol–water partition coefficient (Wildman–Crippen LogP) is 7.40. The highest BCUT2D eigenvalue weighted by Crippen LogP contribution is 2.42. The lowest BCUT2D eigenvalue weighted by atomic mass is 9.84. The van der Waals surface area contributed by atoms with Crippen molar-refractivity contribution in [2.45, 2.75) is 45.2 Å². The number of benzene rings is 3. The van der Waals surface area contributed by atoms with Gasteiger partial charge in [-0.15, -0.1) is 0 Å². The van der Waals surface area contributed by atoms with Crippen LogP contribution < -0.4 is 19.7 Å². The average molecular weight is 568 g/mol. The fourth-order valence-electron chi connectivity index (χ4n) is 5.39. The first-order valence-electron chi connectivity index (χ1n) is 14.0. The van der Waals surface area contributed by atoms with Crippen LogP contribution in [0, 0.1) is 0 Å². The molecule has 6 nitrogen and oxygen atoms in total. The second-order valence-electron chi connectivity index (χ2n) is 10.4. The summed E-state index contributed by atoms with van der Waals surface area (Å²) < 4.78 is 10.7. The Morgan fingerprint density at radius 2 is 1.63 bits per heavy atom. The summed E-state index contributed by atoms with van der Waals surface area (Å²) in [5.41, 5.74) is 6.81. The Hall–Kier alpha value is -3.97. The number of nitrogens with one attached hydrogen (secondary N) is 1. The van der Waals surface area contributed by atoms with E-state index < -0.39 is 0 Å². The Morgan fingerprint density at radius 3 is 2.27 bits per heavy atom. The number of nitrogens with zero attached hydrogens (tertiary/aromatic N) is 2. The van der Waals surface area contributed by atoms with Crippen molar-refractivity contribution in [1.82, 2.24) is 5.32 Å². The lowest BCUT2D eigenvalue weighted by Gasteiger charge is -2.33. The van der Waals surface area contributed by atoms with Gasteiger partial charge in [-0.05, 0) is 97.9 Å². The van der Waals surface area contributed by atoms with E-state index in [9.17, 15) is 4.79 Å². The van der Waals surface area contributed by atoms with Gasteiger partial charge < -0.3 is 19.7 Å². The smallest absolute Gasteiger partial charge is 0.237 e. The summed E-state index contributed by atoms with van der Waals surface area (Å²) in [4.78, 5) is 20.5. The van der Waals surface area contributed by atoms with E-state index in [-0.39, 0.29) is 23.7 Å². The number of anilines is 1. The molecule has 1 heterocycles. The highest BCUT2D eigenvalue weighted by Gasteiger charge is 2.31. The third-order valence-corrected chi connectivity index (χ3v) is 8.26. The quantitative estimate of drug-likeness (QED) is 0.307. The number of rotatable bonds is 8. The summed E-state index contributed by atoms with van der Waals surface area (Å²) >= 11 is 1.47. The van der Waals surface area contributed by atoms with E-state index in [1.807, 2.05) is 73.3 Å². The van der Waals surface area contributed by atoms with Crippen LogP contribution >= 0.6 is 11.8 Å². The topological polar surface area (TPSA) is 63.2 Å². The third-order valence-electron chi connectivity index (χ3n) is 7.38. The van der Waals surface area contributed by atoms with Crippen LogP contribution in [-0.4, -0.2) is 37.1 Å². The molecular formula is C34H37N3O3S. The molecule has 1 N–H and O–H groups in total. The molecule has 2 aliphatic rings. The number of hydrogen-bond donors (Lipinski definition) is 1. The molecule has 5 rings (SSSR count). The van der Waals surface area contributed by atoms with Crippen LogP contribution in [0.1, 0.15) is 50.3 Å². The van der Waals surface area contributed by atoms with Gasteiger partial charge in [0.05, 0.1) is 20.0 Å². The van der Waals surface area contributed by atoms with Crippen molar-refractivity contribution in [3.8, 4) is 11.5 Å². The van der Waals surface area contributed by atoms with Crippen molar-refractivity contribution in [3.05, 3.63) is 107 Å². The molecular weight excluding hydrogens is 530 g/mol. The lowest BCUT2D eigenvalue weighted by Crippen LogP contribution is -2.39. The molecule has 0 saturated carbocycles. The maximum atomic E-state index is 13.5. The lowest BCUT2D eigenvalue weighted by molar-refractivity contribution is -0.116. The van der Waals surface area contributed by atoms with Crippen LogP contribution in [0.3, 0.4) is 0 Å². The standard InChI is InChI=1S/C34H37N3O3S/c1-23(2)37(27-10-6-5-7-11-27)31(38)22-41-34-35-32(25-15-19-29(40-4)20-16-25)30-12-8-9-26(33(30)36-34)21-24-13-17-28(39-3)18-14-24/h5-7,10-11,13-21,23,32H,8-9,12,22H2,1-4H3,(H,35,36)/b26-21+/t32-/m0/s1. The van der Waals surface area contributed by atoms with Crippen molar-refractivity contribution in [2.24, 2.45) is 4.99 Å². The summed E-state index contributed by atoms with van der Waals surface area (Å²) in [5, 5.41) is 4.40. The molecule has 1 aliphatic carbocycles. The molecule has 7 heteroatoms. The summed E-state index contributed by atoms with van der Waals surface area (Å²) in [5.74, 6) is 2.00. The fourth-order valence-corrected chi connectivity index (χ4v) is 6.15. The number of thioether (sulfide) groups is 1. The van der Waals surface area contributed by atoms with Crippen molar-refractivity contribution < 1.29 is 14.3 Å². The van der Waals surface area contributed by atoms with Gasteiger partial charge in [0.1, 0.15) is 17.5 Å². The molecule has 1 aliphatic heterocycles. The number of ether oxygens (including phenoxy) is 2. The Balaban J connectivity index is 1.45. The minimum Gasteiger partial charge on any atom is -0.497 e. The molecule has 212 valence electrons. The number of carbonyl (C=O) groups is 1. The van der Waals surface area contributed by atoms with E-state index in [0.29, 0.717) is 0 Å². The first-order valence-corrected chi connectivity index (χ1v) is 15.0. The van der Waals surface area contributed by atoms with Crippen molar-refractivity contribution in [3.63, 3.8) is 0 Å². The minimum atomic E-state index is -0.121. The number of allylic oxidation sites excluding steroid dienone is 1. The SMILES string of the molecule is COc1ccc(/C=C2\CCCC3=C2NC(SCC(=O)N(c2ccccc2)C(C)C)=N[C@H]3c2ccc(OC)cc2)cc1. The zero-order valence-corrected chi connectivity index (χ0v) is 24.9. The van der Waals surface area contributed by atoms with Gasteiger partial charge in [0, 0.05) is 17.4 Å². The molecule has 0 radical (unpaired) electrons. The van der Waals surface area contributed by atoms with Gasteiger partial charge in [0.25, 0.3) is 0 Å². The number of amides is 1. The second-order valence-corrected chi connectivity index (χ2v) is 11.4. The number of methoxy groups -OCH3 is 2. The minimum absolute atomic E-state index is 0.0467. The predicted molar refractivity (Wildman–Crippen MR) is 170 cm³/mol. The molecule has 3 aromatic rings. The maximum Gasteiger partial charge on any atom is 0.237 e. The number of para-hydroxylation sites is 1. The largest absolute Gasteiger partial charge is 0.497 e. The molecule has 0 fully saturated rings. The molecule has 0 bridgehead atoms. The summed E-state index contributed by atoms with van der Waals surface area (Å²) in [6.07, 6.45) is 5.25.